The Bertz CT molecular complexity index is 260. The lowest BCUT2D eigenvalue weighted by Gasteiger charge is -2.15. The first-order valence-corrected chi connectivity index (χ1v) is 5.63. The van der Waals surface area contributed by atoms with E-state index in [0.717, 1.165) is 37.9 Å². The highest BCUT2D eigenvalue weighted by atomic mass is 16.1. The van der Waals surface area contributed by atoms with Gasteiger partial charge in [-0.25, -0.2) is 0 Å². The smallest absolute Gasteiger partial charge is 0.239 e. The van der Waals surface area contributed by atoms with E-state index in [4.69, 9.17) is 0 Å². The van der Waals surface area contributed by atoms with E-state index in [1.807, 2.05) is 0 Å². The predicted molar refractivity (Wildman–Crippen MR) is 58.7 cm³/mol. The van der Waals surface area contributed by atoms with Crippen LogP contribution in [0.4, 0.5) is 0 Å². The van der Waals surface area contributed by atoms with Gasteiger partial charge < -0.3 is 16.0 Å². The maximum absolute atomic E-state index is 11.4. The van der Waals surface area contributed by atoms with Crippen molar-refractivity contribution in [2.45, 2.75) is 19.3 Å². The molecule has 0 atom stereocenters. The summed E-state index contributed by atoms with van der Waals surface area (Å²) in [7, 11) is 0. The molecule has 0 aromatic carbocycles. The molecule has 0 bridgehead atoms. The Morgan fingerprint density at radius 1 is 1.53 bits per heavy atom. The molecule has 1 fully saturated rings. The van der Waals surface area contributed by atoms with Gasteiger partial charge in [-0.3, -0.25) is 9.79 Å². The Hall–Kier alpha value is -1.26. The van der Waals surface area contributed by atoms with Crippen molar-refractivity contribution in [3.63, 3.8) is 0 Å². The predicted octanol–water partition coefficient (Wildman–Crippen LogP) is -0.548. The lowest BCUT2D eigenvalue weighted by molar-refractivity contribution is -0.120. The van der Waals surface area contributed by atoms with Crippen LogP contribution in [0.5, 0.6) is 0 Å². The van der Waals surface area contributed by atoms with Crippen molar-refractivity contribution < 1.29 is 4.79 Å². The number of nitrogens with one attached hydrogen (secondary N) is 3. The maximum Gasteiger partial charge on any atom is 0.239 e. The second-order valence-electron chi connectivity index (χ2n) is 4.11. The van der Waals surface area contributed by atoms with Crippen LogP contribution in [0.15, 0.2) is 4.99 Å². The largest absolute Gasteiger partial charge is 0.356 e. The first kappa shape index (κ1) is 10.3. The van der Waals surface area contributed by atoms with E-state index in [0.29, 0.717) is 6.54 Å². The first-order valence-electron chi connectivity index (χ1n) is 5.63. The van der Waals surface area contributed by atoms with E-state index in [9.17, 15) is 4.79 Å². The molecule has 2 rings (SSSR count). The minimum atomic E-state index is 0.0528. The standard InChI is InChI=1S/C10H18N4O/c15-9(13-6-8-2-3-8)7-14-10-11-4-1-5-12-10/h8H,1-7H2,(H,13,15)(H2,11,12,14). The molecule has 0 aromatic rings. The molecule has 1 amide bonds. The number of carbonyl (C=O) groups is 1. The van der Waals surface area contributed by atoms with Crippen LogP contribution in [0.25, 0.3) is 0 Å². The van der Waals surface area contributed by atoms with Crippen molar-refractivity contribution in [2.75, 3.05) is 26.2 Å². The molecule has 0 unspecified atom stereocenters. The van der Waals surface area contributed by atoms with E-state index in [1.54, 1.807) is 0 Å². The molecule has 2 aliphatic rings. The van der Waals surface area contributed by atoms with Gasteiger partial charge in [0.25, 0.3) is 0 Å². The number of nitrogens with zero attached hydrogens (tertiary/aromatic N) is 1. The summed E-state index contributed by atoms with van der Waals surface area (Å²) < 4.78 is 0. The highest BCUT2D eigenvalue weighted by Gasteiger charge is 2.21. The Labute approximate surface area is 89.7 Å². The van der Waals surface area contributed by atoms with Crippen LogP contribution in [-0.4, -0.2) is 38.0 Å². The fraction of sp³-hybridized carbons (Fsp3) is 0.800. The Morgan fingerprint density at radius 3 is 3.07 bits per heavy atom. The fourth-order valence-corrected chi connectivity index (χ4v) is 1.46. The maximum atomic E-state index is 11.4. The van der Waals surface area contributed by atoms with Crippen LogP contribution in [0.1, 0.15) is 19.3 Å². The highest BCUT2D eigenvalue weighted by molar-refractivity contribution is 5.86. The summed E-state index contributed by atoms with van der Waals surface area (Å²) in [6.07, 6.45) is 3.60. The van der Waals surface area contributed by atoms with E-state index >= 15 is 0 Å². The molecule has 1 aliphatic heterocycles. The first-order chi connectivity index (χ1) is 7.34. The van der Waals surface area contributed by atoms with Gasteiger partial charge in [0.15, 0.2) is 5.96 Å². The topological polar surface area (TPSA) is 65.5 Å². The van der Waals surface area contributed by atoms with Gasteiger partial charge in [-0.1, -0.05) is 0 Å². The number of guanidine groups is 1. The SMILES string of the molecule is O=C(CNC1=NCCCN1)NCC1CC1. The molecule has 0 spiro atoms. The summed E-state index contributed by atoms with van der Waals surface area (Å²) in [5, 5.41) is 9.00. The number of hydrogen-bond acceptors (Lipinski definition) is 4. The van der Waals surface area contributed by atoms with Gasteiger partial charge in [-0.15, -0.1) is 0 Å². The minimum absolute atomic E-state index is 0.0528. The van der Waals surface area contributed by atoms with Crippen LogP contribution >= 0.6 is 0 Å². The molecule has 84 valence electrons. The molecule has 0 saturated heterocycles. The number of amides is 1. The summed E-state index contributed by atoms with van der Waals surface area (Å²) in [5.74, 6) is 1.54. The van der Waals surface area contributed by atoms with Crippen molar-refractivity contribution in [3.8, 4) is 0 Å². The zero-order valence-corrected chi connectivity index (χ0v) is 8.88. The van der Waals surface area contributed by atoms with Gasteiger partial charge in [0.05, 0.1) is 6.54 Å². The molecule has 15 heavy (non-hydrogen) atoms. The number of carbonyl (C=O) groups excluding carboxylic acids is 1. The Morgan fingerprint density at radius 2 is 2.40 bits per heavy atom. The number of rotatable bonds is 4. The van der Waals surface area contributed by atoms with Crippen LogP contribution in [0.2, 0.25) is 0 Å². The lowest BCUT2D eigenvalue weighted by Crippen LogP contribution is -2.45. The molecular formula is C10H18N4O. The molecule has 3 N–H and O–H groups in total. The van der Waals surface area contributed by atoms with Crippen molar-refractivity contribution >= 4 is 11.9 Å². The van der Waals surface area contributed by atoms with Crippen molar-refractivity contribution in [3.05, 3.63) is 0 Å². The molecule has 1 aliphatic carbocycles. The van der Waals surface area contributed by atoms with E-state index in [2.05, 4.69) is 20.9 Å². The van der Waals surface area contributed by atoms with Gasteiger partial charge in [-0.2, -0.15) is 0 Å². The molecule has 0 radical (unpaired) electrons. The molecule has 1 saturated carbocycles. The summed E-state index contributed by atoms with van der Waals surface area (Å²) >= 11 is 0. The highest BCUT2D eigenvalue weighted by Crippen LogP contribution is 2.27. The van der Waals surface area contributed by atoms with Crippen molar-refractivity contribution in [1.82, 2.24) is 16.0 Å². The quantitative estimate of drug-likeness (QED) is 0.583. The third kappa shape index (κ3) is 3.77. The fourth-order valence-electron chi connectivity index (χ4n) is 1.46. The molecule has 5 nitrogen and oxygen atoms in total. The summed E-state index contributed by atoms with van der Waals surface area (Å²) in [6.45, 7) is 2.94. The Balaban J connectivity index is 1.58. The van der Waals surface area contributed by atoms with Gasteiger partial charge in [0, 0.05) is 19.6 Å². The third-order valence-electron chi connectivity index (χ3n) is 2.60. The van der Waals surface area contributed by atoms with Crippen LogP contribution in [0, 0.1) is 5.92 Å². The van der Waals surface area contributed by atoms with Crippen molar-refractivity contribution in [2.24, 2.45) is 10.9 Å². The monoisotopic (exact) mass is 210 g/mol. The van der Waals surface area contributed by atoms with Gasteiger partial charge in [-0.05, 0) is 25.2 Å². The van der Waals surface area contributed by atoms with Crippen LogP contribution in [-0.2, 0) is 4.79 Å². The zero-order chi connectivity index (χ0) is 10.5. The molecule has 0 aromatic heterocycles. The normalized spacial score (nSPS) is 20.1. The zero-order valence-electron chi connectivity index (χ0n) is 8.88. The lowest BCUT2D eigenvalue weighted by atomic mass is 10.4. The van der Waals surface area contributed by atoms with Crippen molar-refractivity contribution in [1.29, 1.82) is 0 Å². The van der Waals surface area contributed by atoms with E-state index in [1.165, 1.54) is 12.8 Å². The van der Waals surface area contributed by atoms with Gasteiger partial charge in [0.2, 0.25) is 5.91 Å². The second kappa shape index (κ2) is 5.00. The van der Waals surface area contributed by atoms with Crippen LogP contribution < -0.4 is 16.0 Å². The average molecular weight is 210 g/mol. The van der Waals surface area contributed by atoms with E-state index < -0.39 is 0 Å². The third-order valence-corrected chi connectivity index (χ3v) is 2.60. The molecule has 5 heteroatoms. The van der Waals surface area contributed by atoms with Gasteiger partial charge >= 0.3 is 0 Å². The van der Waals surface area contributed by atoms with Crippen LogP contribution in [0.3, 0.4) is 0 Å². The number of hydrogen-bond donors (Lipinski definition) is 3. The Kier molecular flexibility index (Phi) is 3.42. The summed E-state index contributed by atoms with van der Waals surface area (Å²) in [5.41, 5.74) is 0. The molecule has 1 heterocycles. The number of aliphatic imine (C=N–C) groups is 1. The van der Waals surface area contributed by atoms with Gasteiger partial charge in [0.1, 0.15) is 0 Å². The summed E-state index contributed by atoms with van der Waals surface area (Å²) in [4.78, 5) is 15.6. The van der Waals surface area contributed by atoms with E-state index in [-0.39, 0.29) is 5.91 Å². The summed E-state index contributed by atoms with van der Waals surface area (Å²) in [6, 6.07) is 0. The minimum Gasteiger partial charge on any atom is -0.356 e. The second-order valence-corrected chi connectivity index (χ2v) is 4.11. The molecular weight excluding hydrogens is 192 g/mol. The average Bonchev–Trinajstić information content (AvgIpc) is 3.09.